The molecule has 1 heterocycles. The van der Waals surface area contributed by atoms with Crippen LogP contribution in [0.25, 0.3) is 0 Å². The minimum atomic E-state index is 0.407. The normalized spacial score (nSPS) is 10.1. The lowest BCUT2D eigenvalue weighted by molar-refractivity contribution is 0.992. The van der Waals surface area contributed by atoms with Crippen LogP contribution in [0.1, 0.15) is 5.56 Å². The Morgan fingerprint density at radius 3 is 2.75 bits per heavy atom. The molecule has 0 spiro atoms. The van der Waals surface area contributed by atoms with Crippen LogP contribution in [0, 0.1) is 0 Å². The predicted molar refractivity (Wildman–Crippen MR) is 65.7 cm³/mol. The molecule has 0 amide bonds. The summed E-state index contributed by atoms with van der Waals surface area (Å²) < 4.78 is 0. The van der Waals surface area contributed by atoms with E-state index in [9.17, 15) is 0 Å². The molecule has 3 nitrogen and oxygen atoms in total. The van der Waals surface area contributed by atoms with Gasteiger partial charge in [-0.3, -0.25) is 0 Å². The van der Waals surface area contributed by atoms with E-state index in [-0.39, 0.29) is 0 Å². The van der Waals surface area contributed by atoms with E-state index < -0.39 is 0 Å². The van der Waals surface area contributed by atoms with Gasteiger partial charge in [0.15, 0.2) is 5.15 Å². The molecular formula is C12H12ClN3. The molecule has 16 heavy (non-hydrogen) atoms. The number of halogens is 1. The molecule has 0 saturated carbocycles. The first-order valence-corrected chi connectivity index (χ1v) is 5.48. The van der Waals surface area contributed by atoms with Gasteiger partial charge in [0.05, 0.1) is 11.9 Å². The zero-order chi connectivity index (χ0) is 11.2. The average Bonchev–Trinajstić information content (AvgIpc) is 2.30. The van der Waals surface area contributed by atoms with Crippen LogP contribution in [0.4, 0.5) is 5.69 Å². The molecule has 0 radical (unpaired) electrons. The quantitative estimate of drug-likeness (QED) is 0.883. The Labute approximate surface area is 99.5 Å². The van der Waals surface area contributed by atoms with Gasteiger partial charge in [-0.1, -0.05) is 41.9 Å². The van der Waals surface area contributed by atoms with Crippen molar-refractivity contribution in [3.05, 3.63) is 53.3 Å². The van der Waals surface area contributed by atoms with Crippen LogP contribution in [-0.4, -0.2) is 16.7 Å². The first-order valence-electron chi connectivity index (χ1n) is 5.10. The topological polar surface area (TPSA) is 37.8 Å². The SMILES string of the molecule is Clc1cc(NCCc2ccccc2)cnn1. The van der Waals surface area contributed by atoms with Gasteiger partial charge in [0.25, 0.3) is 0 Å². The van der Waals surface area contributed by atoms with Crippen molar-refractivity contribution in [3.63, 3.8) is 0 Å². The summed E-state index contributed by atoms with van der Waals surface area (Å²) in [5.74, 6) is 0. The fraction of sp³-hybridized carbons (Fsp3) is 0.167. The van der Waals surface area contributed by atoms with Crippen molar-refractivity contribution in [2.45, 2.75) is 6.42 Å². The molecule has 82 valence electrons. The Bertz CT molecular complexity index is 445. The van der Waals surface area contributed by atoms with Crippen LogP contribution in [-0.2, 0) is 6.42 Å². The predicted octanol–water partition coefficient (Wildman–Crippen LogP) is 2.78. The molecule has 4 heteroatoms. The highest BCUT2D eigenvalue weighted by molar-refractivity contribution is 6.29. The fourth-order valence-corrected chi connectivity index (χ4v) is 1.59. The minimum absolute atomic E-state index is 0.407. The minimum Gasteiger partial charge on any atom is -0.383 e. The molecule has 2 aromatic rings. The zero-order valence-corrected chi connectivity index (χ0v) is 9.48. The average molecular weight is 234 g/mol. The molecule has 0 aliphatic heterocycles. The Hall–Kier alpha value is -1.61. The summed E-state index contributed by atoms with van der Waals surface area (Å²) in [7, 11) is 0. The van der Waals surface area contributed by atoms with E-state index in [0.717, 1.165) is 18.7 Å². The molecular weight excluding hydrogens is 222 g/mol. The molecule has 0 saturated heterocycles. The Morgan fingerprint density at radius 1 is 1.19 bits per heavy atom. The Balaban J connectivity index is 1.85. The molecule has 1 N–H and O–H groups in total. The van der Waals surface area contributed by atoms with E-state index in [1.54, 1.807) is 12.3 Å². The van der Waals surface area contributed by atoms with Crippen LogP contribution in [0.3, 0.4) is 0 Å². The summed E-state index contributed by atoms with van der Waals surface area (Å²) in [6, 6.07) is 12.1. The summed E-state index contributed by atoms with van der Waals surface area (Å²) in [5, 5.41) is 11.1. The second-order valence-electron chi connectivity index (χ2n) is 3.43. The van der Waals surface area contributed by atoms with Crippen LogP contribution in [0.5, 0.6) is 0 Å². The number of rotatable bonds is 4. The number of anilines is 1. The lowest BCUT2D eigenvalue weighted by Gasteiger charge is -2.05. The molecule has 1 aromatic carbocycles. The monoisotopic (exact) mass is 233 g/mol. The number of hydrogen-bond acceptors (Lipinski definition) is 3. The fourth-order valence-electron chi connectivity index (χ4n) is 1.43. The maximum absolute atomic E-state index is 5.73. The first-order chi connectivity index (χ1) is 7.84. The van der Waals surface area contributed by atoms with Crippen molar-refractivity contribution in [2.24, 2.45) is 0 Å². The Kier molecular flexibility index (Phi) is 3.72. The van der Waals surface area contributed by atoms with Crippen LogP contribution >= 0.6 is 11.6 Å². The van der Waals surface area contributed by atoms with Gasteiger partial charge in [-0.05, 0) is 12.0 Å². The first kappa shape index (κ1) is 10.9. The lowest BCUT2D eigenvalue weighted by atomic mass is 10.1. The molecule has 2 rings (SSSR count). The third-order valence-electron chi connectivity index (χ3n) is 2.21. The summed E-state index contributed by atoms with van der Waals surface area (Å²) in [4.78, 5) is 0. The van der Waals surface area contributed by atoms with Crippen molar-refractivity contribution >= 4 is 17.3 Å². The van der Waals surface area contributed by atoms with Crippen molar-refractivity contribution in [1.29, 1.82) is 0 Å². The van der Waals surface area contributed by atoms with Crippen molar-refractivity contribution in [3.8, 4) is 0 Å². The van der Waals surface area contributed by atoms with Gasteiger partial charge < -0.3 is 5.32 Å². The van der Waals surface area contributed by atoms with E-state index in [1.807, 2.05) is 18.2 Å². The van der Waals surface area contributed by atoms with Crippen LogP contribution in [0.15, 0.2) is 42.6 Å². The summed E-state index contributed by atoms with van der Waals surface area (Å²) in [6.07, 6.45) is 2.64. The van der Waals surface area contributed by atoms with E-state index in [2.05, 4.69) is 27.6 Å². The van der Waals surface area contributed by atoms with Crippen LogP contribution < -0.4 is 5.32 Å². The maximum atomic E-state index is 5.73. The zero-order valence-electron chi connectivity index (χ0n) is 8.73. The Morgan fingerprint density at radius 2 is 2.00 bits per heavy atom. The van der Waals surface area contributed by atoms with E-state index in [0.29, 0.717) is 5.15 Å². The number of nitrogens with zero attached hydrogens (tertiary/aromatic N) is 2. The smallest absolute Gasteiger partial charge is 0.153 e. The van der Waals surface area contributed by atoms with Gasteiger partial charge >= 0.3 is 0 Å². The number of benzene rings is 1. The molecule has 1 aromatic heterocycles. The molecule has 0 aliphatic carbocycles. The highest BCUT2D eigenvalue weighted by atomic mass is 35.5. The second kappa shape index (κ2) is 5.47. The van der Waals surface area contributed by atoms with Gasteiger partial charge in [-0.25, -0.2) is 0 Å². The number of nitrogens with one attached hydrogen (secondary N) is 1. The second-order valence-corrected chi connectivity index (χ2v) is 3.82. The lowest BCUT2D eigenvalue weighted by Crippen LogP contribution is -2.05. The molecule has 0 bridgehead atoms. The van der Waals surface area contributed by atoms with Gasteiger partial charge in [0, 0.05) is 12.6 Å². The third-order valence-corrected chi connectivity index (χ3v) is 2.40. The molecule has 0 fully saturated rings. The molecule has 0 atom stereocenters. The van der Waals surface area contributed by atoms with Gasteiger partial charge in [-0.15, -0.1) is 5.10 Å². The van der Waals surface area contributed by atoms with E-state index in [4.69, 9.17) is 11.6 Å². The van der Waals surface area contributed by atoms with Gasteiger partial charge in [0.2, 0.25) is 0 Å². The van der Waals surface area contributed by atoms with Gasteiger partial charge in [0.1, 0.15) is 0 Å². The maximum Gasteiger partial charge on any atom is 0.153 e. The van der Waals surface area contributed by atoms with Crippen molar-refractivity contribution in [1.82, 2.24) is 10.2 Å². The summed E-state index contributed by atoms with van der Waals surface area (Å²) in [5.41, 5.74) is 2.21. The summed E-state index contributed by atoms with van der Waals surface area (Å²) >= 11 is 5.73. The standard InChI is InChI=1S/C12H12ClN3/c13-12-8-11(9-15-16-12)14-7-6-10-4-2-1-3-5-10/h1-5,8-9H,6-7H2,(H,14,16). The van der Waals surface area contributed by atoms with Crippen molar-refractivity contribution < 1.29 is 0 Å². The number of aromatic nitrogens is 2. The molecule has 0 aliphatic rings. The van der Waals surface area contributed by atoms with E-state index >= 15 is 0 Å². The van der Waals surface area contributed by atoms with E-state index in [1.165, 1.54) is 5.56 Å². The highest BCUT2D eigenvalue weighted by Gasteiger charge is 1.95. The highest BCUT2D eigenvalue weighted by Crippen LogP contribution is 2.10. The largest absolute Gasteiger partial charge is 0.383 e. The number of hydrogen-bond donors (Lipinski definition) is 1. The van der Waals surface area contributed by atoms with Crippen molar-refractivity contribution in [2.75, 3.05) is 11.9 Å². The van der Waals surface area contributed by atoms with Gasteiger partial charge in [-0.2, -0.15) is 5.10 Å². The summed E-state index contributed by atoms with van der Waals surface area (Å²) in [6.45, 7) is 0.853. The third kappa shape index (κ3) is 3.21. The van der Waals surface area contributed by atoms with Crippen LogP contribution in [0.2, 0.25) is 5.15 Å². The molecule has 0 unspecified atom stereocenters.